The highest BCUT2D eigenvalue weighted by atomic mass is 15.2. The summed E-state index contributed by atoms with van der Waals surface area (Å²) in [7, 11) is 0. The van der Waals surface area contributed by atoms with E-state index in [1.807, 2.05) is 0 Å². The van der Waals surface area contributed by atoms with Crippen LogP contribution in [0.15, 0.2) is 0 Å². The van der Waals surface area contributed by atoms with Crippen molar-refractivity contribution >= 4 is 0 Å². The molecule has 2 unspecified atom stereocenters. The molecule has 0 radical (unpaired) electrons. The predicted octanol–water partition coefficient (Wildman–Crippen LogP) is 3.94. The molecule has 1 aliphatic heterocycles. The van der Waals surface area contributed by atoms with Gasteiger partial charge in [0, 0.05) is 18.6 Å². The lowest BCUT2D eigenvalue weighted by atomic mass is 9.99. The zero-order valence-electron chi connectivity index (χ0n) is 12.7. The third kappa shape index (κ3) is 6.75. The van der Waals surface area contributed by atoms with E-state index in [0.717, 1.165) is 12.6 Å². The lowest BCUT2D eigenvalue weighted by Gasteiger charge is -2.36. The quantitative estimate of drug-likeness (QED) is 0.632. The molecule has 0 aliphatic carbocycles. The van der Waals surface area contributed by atoms with Gasteiger partial charge in [0.15, 0.2) is 0 Å². The van der Waals surface area contributed by atoms with E-state index in [-0.39, 0.29) is 0 Å². The second kappa shape index (κ2) is 9.80. The molecule has 1 rings (SSSR count). The monoisotopic (exact) mass is 254 g/mol. The van der Waals surface area contributed by atoms with Crippen LogP contribution in [0.4, 0.5) is 0 Å². The van der Waals surface area contributed by atoms with Crippen LogP contribution in [0.3, 0.4) is 0 Å². The minimum absolute atomic E-state index is 0.426. The first-order chi connectivity index (χ1) is 8.74. The van der Waals surface area contributed by atoms with Crippen molar-refractivity contribution in [1.29, 1.82) is 0 Å². The van der Waals surface area contributed by atoms with Gasteiger partial charge >= 0.3 is 0 Å². The summed E-state index contributed by atoms with van der Waals surface area (Å²) in [5.41, 5.74) is 6.04. The van der Waals surface area contributed by atoms with Gasteiger partial charge in [0.2, 0.25) is 0 Å². The molecule has 2 atom stereocenters. The lowest BCUT2D eigenvalue weighted by Crippen LogP contribution is -2.47. The zero-order chi connectivity index (χ0) is 13.2. The summed E-state index contributed by atoms with van der Waals surface area (Å²) in [4.78, 5) is 2.60. The van der Waals surface area contributed by atoms with Gasteiger partial charge in [-0.15, -0.1) is 0 Å². The normalized spacial score (nSPS) is 25.5. The zero-order valence-corrected chi connectivity index (χ0v) is 12.7. The molecule has 1 fully saturated rings. The van der Waals surface area contributed by atoms with Gasteiger partial charge in [-0.1, -0.05) is 51.9 Å². The molecule has 0 bridgehead atoms. The van der Waals surface area contributed by atoms with E-state index in [1.54, 1.807) is 0 Å². The Morgan fingerprint density at radius 3 is 2.22 bits per heavy atom. The van der Waals surface area contributed by atoms with Crippen LogP contribution in [0.2, 0.25) is 0 Å². The number of rotatable bonds is 9. The molecule has 108 valence electrons. The van der Waals surface area contributed by atoms with E-state index >= 15 is 0 Å². The first-order valence-electron chi connectivity index (χ1n) is 8.23. The molecular formula is C16H34N2. The maximum Gasteiger partial charge on any atom is 0.0168 e. The van der Waals surface area contributed by atoms with Crippen LogP contribution in [0.5, 0.6) is 0 Å². The number of hydrogen-bond donors (Lipinski definition) is 1. The molecule has 0 aromatic heterocycles. The topological polar surface area (TPSA) is 29.3 Å². The third-order valence-corrected chi connectivity index (χ3v) is 4.35. The third-order valence-electron chi connectivity index (χ3n) is 4.35. The van der Waals surface area contributed by atoms with Crippen LogP contribution in [-0.4, -0.2) is 30.1 Å². The van der Waals surface area contributed by atoms with Gasteiger partial charge in [-0.25, -0.2) is 0 Å². The van der Waals surface area contributed by atoms with E-state index in [0.29, 0.717) is 6.04 Å². The minimum atomic E-state index is 0.426. The highest BCUT2D eigenvalue weighted by Gasteiger charge is 2.22. The van der Waals surface area contributed by atoms with E-state index in [1.165, 1.54) is 70.8 Å². The largest absolute Gasteiger partial charge is 0.327 e. The fourth-order valence-electron chi connectivity index (χ4n) is 2.97. The Hall–Kier alpha value is -0.0800. The molecule has 1 heterocycles. The number of likely N-dealkylation sites (tertiary alicyclic amines) is 1. The van der Waals surface area contributed by atoms with E-state index in [9.17, 15) is 0 Å². The van der Waals surface area contributed by atoms with Gasteiger partial charge in [0.05, 0.1) is 0 Å². The van der Waals surface area contributed by atoms with E-state index < -0.39 is 0 Å². The van der Waals surface area contributed by atoms with Gasteiger partial charge in [0.25, 0.3) is 0 Å². The molecular weight excluding hydrogens is 220 g/mol. The van der Waals surface area contributed by atoms with Crippen LogP contribution >= 0.6 is 0 Å². The Balaban J connectivity index is 1.93. The second-order valence-electron chi connectivity index (χ2n) is 6.16. The molecule has 1 saturated heterocycles. The highest BCUT2D eigenvalue weighted by molar-refractivity contribution is 4.80. The molecule has 0 aromatic carbocycles. The number of nitrogens with two attached hydrogens (primary N) is 1. The maximum absolute atomic E-state index is 6.04. The fraction of sp³-hybridized carbons (Fsp3) is 1.00. The Bertz CT molecular complexity index is 194. The van der Waals surface area contributed by atoms with E-state index in [2.05, 4.69) is 18.7 Å². The summed E-state index contributed by atoms with van der Waals surface area (Å²) in [5, 5.41) is 0. The Morgan fingerprint density at radius 1 is 0.944 bits per heavy atom. The molecule has 2 N–H and O–H groups in total. The molecule has 0 spiro atoms. The molecule has 2 heteroatoms. The van der Waals surface area contributed by atoms with Crippen molar-refractivity contribution < 1.29 is 0 Å². The number of hydrogen-bond acceptors (Lipinski definition) is 2. The summed E-state index contributed by atoms with van der Waals surface area (Å²) in [6.45, 7) is 7.03. The first-order valence-corrected chi connectivity index (χ1v) is 8.23. The SMILES string of the molecule is CCCCCCCCCCN1CC(N)CCC1C. The van der Waals surface area contributed by atoms with Gasteiger partial charge in [-0.2, -0.15) is 0 Å². The number of piperidine rings is 1. The van der Waals surface area contributed by atoms with Gasteiger partial charge in [0.1, 0.15) is 0 Å². The van der Waals surface area contributed by atoms with Gasteiger partial charge < -0.3 is 5.73 Å². The summed E-state index contributed by atoms with van der Waals surface area (Å²) in [6.07, 6.45) is 13.8. The summed E-state index contributed by atoms with van der Waals surface area (Å²) < 4.78 is 0. The van der Waals surface area contributed by atoms with Gasteiger partial charge in [-0.3, -0.25) is 4.90 Å². The average molecular weight is 254 g/mol. The minimum Gasteiger partial charge on any atom is -0.327 e. The molecule has 1 aliphatic rings. The number of unbranched alkanes of at least 4 members (excludes halogenated alkanes) is 7. The van der Waals surface area contributed by atoms with Crippen molar-refractivity contribution in [1.82, 2.24) is 4.90 Å². The predicted molar refractivity (Wildman–Crippen MR) is 80.9 cm³/mol. The average Bonchev–Trinajstić information content (AvgIpc) is 2.36. The van der Waals surface area contributed by atoms with E-state index in [4.69, 9.17) is 5.73 Å². The van der Waals surface area contributed by atoms with Crippen molar-refractivity contribution in [3.05, 3.63) is 0 Å². The lowest BCUT2D eigenvalue weighted by molar-refractivity contribution is 0.143. The molecule has 2 nitrogen and oxygen atoms in total. The molecule has 0 saturated carbocycles. The van der Waals surface area contributed by atoms with Crippen LogP contribution < -0.4 is 5.73 Å². The smallest absolute Gasteiger partial charge is 0.0168 e. The van der Waals surface area contributed by atoms with Gasteiger partial charge in [-0.05, 0) is 32.7 Å². The summed E-state index contributed by atoms with van der Waals surface area (Å²) in [6, 6.07) is 1.18. The second-order valence-corrected chi connectivity index (χ2v) is 6.16. The Kier molecular flexibility index (Phi) is 8.70. The van der Waals surface area contributed by atoms with Crippen LogP contribution in [0.25, 0.3) is 0 Å². The standard InChI is InChI=1S/C16H34N2/c1-3-4-5-6-7-8-9-10-13-18-14-16(17)12-11-15(18)2/h15-16H,3-14,17H2,1-2H3. The molecule has 0 aromatic rings. The summed E-state index contributed by atoms with van der Waals surface area (Å²) >= 11 is 0. The van der Waals surface area contributed by atoms with Crippen molar-refractivity contribution in [2.75, 3.05) is 13.1 Å². The number of nitrogens with zero attached hydrogens (tertiary/aromatic N) is 1. The molecule has 18 heavy (non-hydrogen) atoms. The summed E-state index contributed by atoms with van der Waals surface area (Å²) in [5.74, 6) is 0. The van der Waals surface area contributed by atoms with Crippen LogP contribution in [-0.2, 0) is 0 Å². The molecule has 0 amide bonds. The Labute approximate surface area is 114 Å². The maximum atomic E-state index is 6.04. The van der Waals surface area contributed by atoms with Crippen molar-refractivity contribution in [3.8, 4) is 0 Å². The first kappa shape index (κ1) is 16.0. The van der Waals surface area contributed by atoms with Crippen LogP contribution in [0.1, 0.15) is 78.1 Å². The van der Waals surface area contributed by atoms with Crippen LogP contribution in [0, 0.1) is 0 Å². The fourth-order valence-corrected chi connectivity index (χ4v) is 2.97. The van der Waals surface area contributed by atoms with Crippen molar-refractivity contribution in [2.24, 2.45) is 5.73 Å². The van der Waals surface area contributed by atoms with Crippen molar-refractivity contribution in [2.45, 2.75) is 90.1 Å². The Morgan fingerprint density at radius 2 is 1.56 bits per heavy atom. The van der Waals surface area contributed by atoms with Crippen molar-refractivity contribution in [3.63, 3.8) is 0 Å². The highest BCUT2D eigenvalue weighted by Crippen LogP contribution is 2.17.